The number of aromatic nitrogens is 2. The molecular weight excluding hydrogens is 316 g/mol. The molecule has 0 unspecified atom stereocenters. The van der Waals surface area contributed by atoms with Gasteiger partial charge in [-0.3, -0.25) is 10.1 Å². The molecule has 5 nitrogen and oxygen atoms in total. The van der Waals surface area contributed by atoms with E-state index >= 15 is 0 Å². The van der Waals surface area contributed by atoms with Crippen molar-refractivity contribution in [3.63, 3.8) is 0 Å². The Bertz CT molecular complexity index is 729. The van der Waals surface area contributed by atoms with Crippen LogP contribution in [0.4, 0.5) is 5.13 Å². The molecule has 1 aromatic heterocycles. The number of hydrogen-bond acceptors (Lipinski definition) is 6. The lowest BCUT2D eigenvalue weighted by molar-refractivity contribution is -0.112. The average molecular weight is 330 g/mol. The average Bonchev–Trinajstić information content (AvgIpc) is 3.00. The van der Waals surface area contributed by atoms with Gasteiger partial charge in [0.05, 0.1) is 0 Å². The highest BCUT2D eigenvalue weighted by Gasteiger charge is 2.12. The molecule has 112 valence electrons. The second kappa shape index (κ2) is 7.73. The lowest BCUT2D eigenvalue weighted by atomic mass is 10.1. The smallest absolute Gasteiger partial charge is 0.268 e. The molecule has 0 saturated heterocycles. The Labute approximate surface area is 137 Å². The number of carbonyl (C=O) groups is 1. The maximum Gasteiger partial charge on any atom is 0.268 e. The highest BCUT2D eigenvalue weighted by atomic mass is 32.2. The van der Waals surface area contributed by atoms with Crippen LogP contribution in [0, 0.1) is 11.3 Å². The van der Waals surface area contributed by atoms with Gasteiger partial charge in [-0.15, -0.1) is 0 Å². The molecule has 1 heterocycles. The van der Waals surface area contributed by atoms with Crippen LogP contribution in [0.5, 0.6) is 0 Å². The Kier molecular flexibility index (Phi) is 5.69. The molecular formula is C15H14N4OS2. The summed E-state index contributed by atoms with van der Waals surface area (Å²) < 4.78 is 4.05. The fraction of sp³-hybridized carbons (Fsp3) is 0.200. The van der Waals surface area contributed by atoms with Crippen molar-refractivity contribution in [1.29, 1.82) is 5.26 Å². The Balaban J connectivity index is 2.13. The molecule has 1 aromatic carbocycles. The number of thioether (sulfide) groups is 1. The van der Waals surface area contributed by atoms with Crippen molar-refractivity contribution >= 4 is 40.4 Å². The van der Waals surface area contributed by atoms with Gasteiger partial charge in [0.15, 0.2) is 0 Å². The fourth-order valence-corrected chi connectivity index (χ4v) is 2.79. The van der Waals surface area contributed by atoms with Crippen LogP contribution in [0.2, 0.25) is 0 Å². The quantitative estimate of drug-likeness (QED) is 0.516. The lowest BCUT2D eigenvalue weighted by Gasteiger charge is -2.01. The number of hydrogen-bond donors (Lipinski definition) is 1. The van der Waals surface area contributed by atoms with Crippen molar-refractivity contribution in [1.82, 2.24) is 9.36 Å². The fourth-order valence-electron chi connectivity index (χ4n) is 1.67. The molecule has 2 aromatic rings. The van der Waals surface area contributed by atoms with E-state index in [1.165, 1.54) is 17.3 Å². The van der Waals surface area contributed by atoms with Crippen molar-refractivity contribution in [3.05, 3.63) is 41.0 Å². The molecule has 1 amide bonds. The molecule has 0 atom stereocenters. The predicted octanol–water partition coefficient (Wildman–Crippen LogP) is 3.37. The Morgan fingerprint density at radius 1 is 1.45 bits per heavy atom. The topological polar surface area (TPSA) is 78.7 Å². The van der Waals surface area contributed by atoms with Gasteiger partial charge in [0.1, 0.15) is 11.6 Å². The standard InChI is InChI=1S/C15H14N4OS2/c1-3-10-4-6-11(7-5-10)8-12(9-16)13(20)17-14-18-15(21-2)19-22-14/h4-8H,3H2,1-2H3,(H,17,18,19,20). The van der Waals surface area contributed by atoms with E-state index in [0.29, 0.717) is 10.3 Å². The van der Waals surface area contributed by atoms with Crippen LogP contribution in [0.1, 0.15) is 18.1 Å². The van der Waals surface area contributed by atoms with Gasteiger partial charge in [0, 0.05) is 11.5 Å². The zero-order valence-corrected chi connectivity index (χ0v) is 13.8. The maximum atomic E-state index is 12.1. The molecule has 0 radical (unpaired) electrons. The summed E-state index contributed by atoms with van der Waals surface area (Å²) in [6.07, 6.45) is 4.37. The minimum Gasteiger partial charge on any atom is -0.296 e. The summed E-state index contributed by atoms with van der Waals surface area (Å²) >= 11 is 2.49. The second-order valence-corrected chi connectivity index (χ2v) is 5.83. The Morgan fingerprint density at radius 3 is 2.73 bits per heavy atom. The summed E-state index contributed by atoms with van der Waals surface area (Å²) in [4.78, 5) is 16.2. The van der Waals surface area contributed by atoms with Crippen LogP contribution >= 0.6 is 23.3 Å². The molecule has 1 N–H and O–H groups in total. The molecule has 0 aliphatic heterocycles. The highest BCUT2D eigenvalue weighted by Crippen LogP contribution is 2.18. The van der Waals surface area contributed by atoms with E-state index in [1.807, 2.05) is 36.6 Å². The third-order valence-corrected chi connectivity index (χ3v) is 4.17. The molecule has 0 fully saturated rings. The van der Waals surface area contributed by atoms with E-state index in [9.17, 15) is 10.1 Å². The zero-order valence-electron chi connectivity index (χ0n) is 12.2. The Morgan fingerprint density at radius 2 is 2.18 bits per heavy atom. The van der Waals surface area contributed by atoms with Gasteiger partial charge >= 0.3 is 0 Å². The van der Waals surface area contributed by atoms with Crippen molar-refractivity contribution < 1.29 is 4.79 Å². The first-order valence-corrected chi connectivity index (χ1v) is 8.56. The number of carbonyl (C=O) groups excluding carboxylic acids is 1. The number of benzene rings is 1. The molecule has 0 saturated carbocycles. The first-order chi connectivity index (χ1) is 10.7. The van der Waals surface area contributed by atoms with Crippen LogP contribution in [-0.2, 0) is 11.2 Å². The minimum absolute atomic E-state index is 0.0325. The first kappa shape index (κ1) is 16.2. The second-order valence-electron chi connectivity index (χ2n) is 4.31. The van der Waals surface area contributed by atoms with E-state index in [1.54, 1.807) is 6.08 Å². The molecule has 0 aliphatic rings. The van der Waals surface area contributed by atoms with Crippen LogP contribution in [0.3, 0.4) is 0 Å². The summed E-state index contributed by atoms with van der Waals surface area (Å²) in [5.74, 6) is -0.481. The van der Waals surface area contributed by atoms with E-state index in [0.717, 1.165) is 23.5 Å². The van der Waals surface area contributed by atoms with Gasteiger partial charge in [-0.25, -0.2) is 0 Å². The van der Waals surface area contributed by atoms with Crippen molar-refractivity contribution in [3.8, 4) is 6.07 Å². The normalized spacial score (nSPS) is 11.0. The third kappa shape index (κ3) is 4.16. The van der Waals surface area contributed by atoms with Crippen molar-refractivity contribution in [2.45, 2.75) is 18.5 Å². The van der Waals surface area contributed by atoms with Crippen molar-refractivity contribution in [2.75, 3.05) is 11.6 Å². The molecule has 2 rings (SSSR count). The number of aryl methyl sites for hydroxylation is 1. The van der Waals surface area contributed by atoms with Crippen LogP contribution in [-0.4, -0.2) is 21.5 Å². The molecule has 0 spiro atoms. The number of anilines is 1. The van der Waals surface area contributed by atoms with E-state index in [-0.39, 0.29) is 5.57 Å². The number of nitrogens with zero attached hydrogens (tertiary/aromatic N) is 3. The van der Waals surface area contributed by atoms with Crippen LogP contribution < -0.4 is 5.32 Å². The van der Waals surface area contributed by atoms with Gasteiger partial charge in [0.25, 0.3) is 5.91 Å². The van der Waals surface area contributed by atoms with E-state index in [4.69, 9.17) is 0 Å². The van der Waals surface area contributed by atoms with Gasteiger partial charge in [0.2, 0.25) is 10.3 Å². The minimum atomic E-state index is -0.481. The monoisotopic (exact) mass is 330 g/mol. The molecule has 7 heteroatoms. The number of nitrogens with one attached hydrogen (secondary N) is 1. The third-order valence-electron chi connectivity index (χ3n) is 2.87. The van der Waals surface area contributed by atoms with E-state index in [2.05, 4.69) is 21.6 Å². The number of nitriles is 1. The van der Waals surface area contributed by atoms with Gasteiger partial charge in [-0.05, 0) is 29.9 Å². The largest absolute Gasteiger partial charge is 0.296 e. The highest BCUT2D eigenvalue weighted by molar-refractivity contribution is 7.98. The molecule has 0 bridgehead atoms. The summed E-state index contributed by atoms with van der Waals surface area (Å²) in [5.41, 5.74) is 2.05. The Hall–Kier alpha value is -2.17. The number of amides is 1. The van der Waals surface area contributed by atoms with Crippen molar-refractivity contribution in [2.24, 2.45) is 0 Å². The van der Waals surface area contributed by atoms with E-state index < -0.39 is 5.91 Å². The molecule has 22 heavy (non-hydrogen) atoms. The number of rotatable bonds is 5. The molecule has 0 aliphatic carbocycles. The van der Waals surface area contributed by atoms with Gasteiger partial charge < -0.3 is 0 Å². The van der Waals surface area contributed by atoms with Crippen LogP contribution in [0.15, 0.2) is 35.0 Å². The predicted molar refractivity (Wildman–Crippen MR) is 89.7 cm³/mol. The lowest BCUT2D eigenvalue weighted by Crippen LogP contribution is -2.13. The summed E-state index contributed by atoms with van der Waals surface area (Å²) in [6.45, 7) is 2.07. The zero-order chi connectivity index (χ0) is 15.9. The summed E-state index contributed by atoms with van der Waals surface area (Å²) in [6, 6.07) is 9.66. The SMILES string of the molecule is CCc1ccc(C=C(C#N)C(=O)Nc2nc(SC)ns2)cc1. The van der Waals surface area contributed by atoms with Gasteiger partial charge in [-0.1, -0.05) is 43.0 Å². The maximum absolute atomic E-state index is 12.1. The van der Waals surface area contributed by atoms with Crippen LogP contribution in [0.25, 0.3) is 6.08 Å². The van der Waals surface area contributed by atoms with Gasteiger partial charge in [-0.2, -0.15) is 14.6 Å². The summed E-state index contributed by atoms with van der Waals surface area (Å²) in [5, 5.41) is 12.7. The first-order valence-electron chi connectivity index (χ1n) is 6.56. The summed E-state index contributed by atoms with van der Waals surface area (Å²) in [7, 11) is 0.